The number of benzene rings is 2. The van der Waals surface area contributed by atoms with Crippen LogP contribution in [0.5, 0.6) is 0 Å². The van der Waals surface area contributed by atoms with E-state index in [4.69, 9.17) is 0 Å². The van der Waals surface area contributed by atoms with Crippen molar-refractivity contribution in [3.8, 4) is 0 Å². The molecule has 0 aliphatic heterocycles. The summed E-state index contributed by atoms with van der Waals surface area (Å²) in [4.78, 5) is 0.650. The number of rotatable bonds is 4. The number of hydrogen-bond donors (Lipinski definition) is 0. The van der Waals surface area contributed by atoms with Gasteiger partial charge in [-0.2, -0.15) is 8.42 Å². The third-order valence-electron chi connectivity index (χ3n) is 3.42. The Hall–Kier alpha value is -2.18. The van der Waals surface area contributed by atoms with E-state index in [1.54, 1.807) is 30.3 Å². The molecule has 118 valence electrons. The van der Waals surface area contributed by atoms with Gasteiger partial charge in [-0.25, -0.2) is 0 Å². The van der Waals surface area contributed by atoms with Crippen LogP contribution in [0, 0.1) is 6.92 Å². The monoisotopic (exact) mass is 344 g/mol. The van der Waals surface area contributed by atoms with Gasteiger partial charge >= 0.3 is 0 Å². The summed E-state index contributed by atoms with van der Waals surface area (Å²) >= 11 is 1.36. The maximum atomic E-state index is 12.5. The highest BCUT2D eigenvalue weighted by Gasteiger charge is 2.14. The number of hydrogen-bond acceptors (Lipinski definition) is 3. The molecular formula is C17H16N2O2S2. The molecule has 2 aromatic carbocycles. The molecule has 23 heavy (non-hydrogen) atoms. The van der Waals surface area contributed by atoms with Crippen molar-refractivity contribution in [2.75, 3.05) is 0 Å². The van der Waals surface area contributed by atoms with Gasteiger partial charge in [-0.3, -0.25) is 0 Å². The molecule has 0 N–H and O–H groups in total. The van der Waals surface area contributed by atoms with Gasteiger partial charge in [0, 0.05) is 6.54 Å². The van der Waals surface area contributed by atoms with Crippen LogP contribution in [0.25, 0.3) is 10.2 Å². The minimum absolute atomic E-state index is 0.200. The van der Waals surface area contributed by atoms with Gasteiger partial charge < -0.3 is 4.57 Å². The Morgan fingerprint density at radius 1 is 1.17 bits per heavy atom. The number of sulfonamides is 1. The molecule has 6 heteroatoms. The molecule has 0 saturated heterocycles. The number of fused-ring (bicyclic) bond motifs is 1. The van der Waals surface area contributed by atoms with Crippen molar-refractivity contribution in [2.45, 2.75) is 18.4 Å². The molecular weight excluding hydrogens is 328 g/mol. The first-order chi connectivity index (χ1) is 11.0. The number of aryl methyl sites for hydroxylation is 1. The van der Waals surface area contributed by atoms with Crippen molar-refractivity contribution in [3.63, 3.8) is 0 Å². The maximum absolute atomic E-state index is 12.5. The van der Waals surface area contributed by atoms with Gasteiger partial charge in [-0.05, 0) is 31.2 Å². The normalized spacial score (nSPS) is 12.7. The molecule has 4 nitrogen and oxygen atoms in total. The minimum atomic E-state index is -3.74. The zero-order valence-electron chi connectivity index (χ0n) is 12.6. The van der Waals surface area contributed by atoms with E-state index in [-0.39, 0.29) is 4.90 Å². The first-order valence-electron chi connectivity index (χ1n) is 7.08. The Labute approximate surface area is 139 Å². The van der Waals surface area contributed by atoms with Gasteiger partial charge in [0.15, 0.2) is 0 Å². The fourth-order valence-electron chi connectivity index (χ4n) is 2.26. The van der Waals surface area contributed by atoms with Gasteiger partial charge in [0.1, 0.15) is 0 Å². The number of allylic oxidation sites excluding steroid dienone is 1. The van der Waals surface area contributed by atoms with E-state index in [9.17, 15) is 8.42 Å². The number of para-hydroxylation sites is 1. The lowest BCUT2D eigenvalue weighted by Crippen LogP contribution is -2.16. The molecule has 0 radical (unpaired) electrons. The fraction of sp³-hybridized carbons (Fsp3) is 0.118. The standard InChI is InChI=1S/C17H16N2O2S2/c1-3-12-19-15-6-4-5-7-16(15)22-17(19)18-23(20,21)14-10-8-13(2)9-11-14/h3-11H,1,12H2,2H3. The quantitative estimate of drug-likeness (QED) is 0.680. The van der Waals surface area contributed by atoms with E-state index in [0.717, 1.165) is 15.8 Å². The highest BCUT2D eigenvalue weighted by atomic mass is 32.2. The zero-order valence-corrected chi connectivity index (χ0v) is 14.3. The molecule has 1 aromatic heterocycles. The summed E-state index contributed by atoms with van der Waals surface area (Å²) in [5.41, 5.74) is 1.96. The third kappa shape index (κ3) is 3.13. The average Bonchev–Trinajstić information content (AvgIpc) is 2.85. The Morgan fingerprint density at radius 3 is 2.57 bits per heavy atom. The zero-order chi connectivity index (χ0) is 16.4. The van der Waals surface area contributed by atoms with Gasteiger partial charge in [0.25, 0.3) is 10.0 Å². The van der Waals surface area contributed by atoms with Crippen LogP contribution < -0.4 is 4.80 Å². The molecule has 0 atom stereocenters. The molecule has 0 fully saturated rings. The van der Waals surface area contributed by atoms with Gasteiger partial charge in [0.2, 0.25) is 4.80 Å². The van der Waals surface area contributed by atoms with Crippen LogP contribution in [0.2, 0.25) is 0 Å². The number of thiazole rings is 1. The molecule has 0 spiro atoms. The fourth-order valence-corrected chi connectivity index (χ4v) is 4.50. The molecule has 3 aromatic rings. The van der Waals surface area contributed by atoms with Crippen LogP contribution >= 0.6 is 11.3 Å². The molecule has 0 bridgehead atoms. The summed E-state index contributed by atoms with van der Waals surface area (Å²) in [5.74, 6) is 0. The topological polar surface area (TPSA) is 51.4 Å². The summed E-state index contributed by atoms with van der Waals surface area (Å²) in [5, 5.41) is 0. The predicted molar refractivity (Wildman–Crippen MR) is 93.9 cm³/mol. The van der Waals surface area contributed by atoms with Crippen molar-refractivity contribution < 1.29 is 8.42 Å². The molecule has 0 aliphatic carbocycles. The Kier molecular flexibility index (Phi) is 4.19. The first kappa shape index (κ1) is 15.7. The highest BCUT2D eigenvalue weighted by Crippen LogP contribution is 2.18. The molecule has 0 saturated carbocycles. The van der Waals surface area contributed by atoms with Crippen molar-refractivity contribution in [2.24, 2.45) is 4.40 Å². The van der Waals surface area contributed by atoms with Gasteiger partial charge in [-0.1, -0.05) is 47.2 Å². The minimum Gasteiger partial charge on any atom is -0.312 e. The lowest BCUT2D eigenvalue weighted by molar-refractivity contribution is 0.596. The Morgan fingerprint density at radius 2 is 1.87 bits per heavy atom. The maximum Gasteiger partial charge on any atom is 0.285 e. The summed E-state index contributed by atoms with van der Waals surface area (Å²) < 4.78 is 32.0. The average molecular weight is 344 g/mol. The molecule has 0 unspecified atom stereocenters. The van der Waals surface area contributed by atoms with E-state index in [1.165, 1.54) is 11.3 Å². The molecule has 0 aliphatic rings. The Balaban J connectivity index is 2.22. The van der Waals surface area contributed by atoms with E-state index in [2.05, 4.69) is 11.0 Å². The van der Waals surface area contributed by atoms with E-state index < -0.39 is 10.0 Å². The lowest BCUT2D eigenvalue weighted by Gasteiger charge is -2.02. The second-order valence-corrected chi connectivity index (χ2v) is 7.74. The SMILES string of the molecule is C=CCn1c(=NS(=O)(=O)c2ccc(C)cc2)sc2ccccc21. The lowest BCUT2D eigenvalue weighted by atomic mass is 10.2. The largest absolute Gasteiger partial charge is 0.312 e. The third-order valence-corrected chi connectivity index (χ3v) is 5.87. The van der Waals surface area contributed by atoms with Crippen molar-refractivity contribution in [1.82, 2.24) is 4.57 Å². The summed E-state index contributed by atoms with van der Waals surface area (Å²) in [6.07, 6.45) is 1.73. The first-order valence-corrected chi connectivity index (χ1v) is 9.34. The molecule has 3 rings (SSSR count). The van der Waals surface area contributed by atoms with Crippen LogP contribution in [0.3, 0.4) is 0 Å². The van der Waals surface area contributed by atoms with Crippen molar-refractivity contribution in [1.29, 1.82) is 0 Å². The summed E-state index contributed by atoms with van der Waals surface area (Å²) in [7, 11) is -3.74. The molecule has 0 amide bonds. The van der Waals surface area contributed by atoms with E-state index in [1.807, 2.05) is 35.8 Å². The Bertz CT molecular complexity index is 1030. The van der Waals surface area contributed by atoms with Crippen molar-refractivity contribution in [3.05, 3.63) is 71.6 Å². The smallest absolute Gasteiger partial charge is 0.285 e. The second kappa shape index (κ2) is 6.14. The number of aromatic nitrogens is 1. The van der Waals surface area contributed by atoms with Crippen molar-refractivity contribution >= 4 is 31.6 Å². The van der Waals surface area contributed by atoms with E-state index in [0.29, 0.717) is 11.3 Å². The van der Waals surface area contributed by atoms with Crippen LogP contribution in [-0.2, 0) is 16.6 Å². The highest BCUT2D eigenvalue weighted by molar-refractivity contribution is 7.90. The van der Waals surface area contributed by atoms with Crippen LogP contribution in [0.1, 0.15) is 5.56 Å². The number of nitrogens with zero attached hydrogens (tertiary/aromatic N) is 2. The van der Waals surface area contributed by atoms with Gasteiger partial charge in [0.05, 0.1) is 15.1 Å². The predicted octanol–water partition coefficient (Wildman–Crippen LogP) is 3.49. The summed E-state index contributed by atoms with van der Waals surface area (Å²) in [6.45, 7) is 6.16. The van der Waals surface area contributed by atoms with Gasteiger partial charge in [-0.15, -0.1) is 11.0 Å². The molecule has 1 heterocycles. The summed E-state index contributed by atoms with van der Waals surface area (Å²) in [6, 6.07) is 14.5. The van der Waals surface area contributed by atoms with E-state index >= 15 is 0 Å². The van der Waals surface area contributed by atoms with Crippen LogP contribution in [-0.4, -0.2) is 13.0 Å². The second-order valence-electron chi connectivity index (χ2n) is 5.13. The van der Waals surface area contributed by atoms with Crippen LogP contribution in [0.4, 0.5) is 0 Å². The van der Waals surface area contributed by atoms with Crippen LogP contribution in [0.15, 0.2) is 70.5 Å².